The molecule has 6 heteroatoms. The van der Waals surface area contributed by atoms with E-state index < -0.39 is 5.25 Å². The van der Waals surface area contributed by atoms with E-state index in [1.165, 1.54) is 18.9 Å². The van der Waals surface area contributed by atoms with E-state index in [-0.39, 0.29) is 12.5 Å². The summed E-state index contributed by atoms with van der Waals surface area (Å²) in [6.45, 7) is 0.277. The minimum atomic E-state index is -0.408. The standard InChI is InChI=1S/C10H13ClN2O2S/c1-15-6-9(10(14)13-12)16-8-5-3-2-4-7(8)11/h2-5,9H,6,12H2,1H3,(H,13,14). The highest BCUT2D eigenvalue weighted by Gasteiger charge is 2.19. The maximum Gasteiger partial charge on any atom is 0.249 e. The lowest BCUT2D eigenvalue weighted by atomic mass is 10.4. The topological polar surface area (TPSA) is 64.3 Å². The van der Waals surface area contributed by atoms with E-state index in [1.54, 1.807) is 6.07 Å². The van der Waals surface area contributed by atoms with Crippen LogP contribution in [0, 0.1) is 0 Å². The first-order valence-electron chi connectivity index (χ1n) is 4.59. The third-order valence-electron chi connectivity index (χ3n) is 1.86. The summed E-state index contributed by atoms with van der Waals surface area (Å²) in [5, 5.41) is 0.202. The number of amides is 1. The molecule has 0 aromatic heterocycles. The Morgan fingerprint density at radius 1 is 1.62 bits per heavy atom. The van der Waals surface area contributed by atoms with E-state index in [0.29, 0.717) is 5.02 Å². The Hall–Kier alpha value is -0.750. The van der Waals surface area contributed by atoms with Crippen LogP contribution in [-0.4, -0.2) is 24.9 Å². The van der Waals surface area contributed by atoms with Crippen LogP contribution in [0.4, 0.5) is 0 Å². The zero-order valence-electron chi connectivity index (χ0n) is 8.77. The minimum absolute atomic E-state index is 0.277. The summed E-state index contributed by atoms with van der Waals surface area (Å²) in [4.78, 5) is 12.3. The van der Waals surface area contributed by atoms with Crippen LogP contribution in [0.15, 0.2) is 29.2 Å². The number of carbonyl (C=O) groups excluding carboxylic acids is 1. The molecule has 1 aromatic rings. The zero-order chi connectivity index (χ0) is 12.0. The van der Waals surface area contributed by atoms with Gasteiger partial charge in [0.25, 0.3) is 0 Å². The Morgan fingerprint density at radius 3 is 2.88 bits per heavy atom. The summed E-state index contributed by atoms with van der Waals surface area (Å²) in [6.07, 6.45) is 0. The summed E-state index contributed by atoms with van der Waals surface area (Å²) < 4.78 is 4.96. The molecule has 3 N–H and O–H groups in total. The van der Waals surface area contributed by atoms with Gasteiger partial charge in [-0.3, -0.25) is 10.2 Å². The second kappa shape index (κ2) is 6.75. The van der Waals surface area contributed by atoms with Gasteiger partial charge in [-0.1, -0.05) is 23.7 Å². The van der Waals surface area contributed by atoms with Gasteiger partial charge in [0.1, 0.15) is 5.25 Å². The molecule has 0 aliphatic rings. The third-order valence-corrected chi connectivity index (χ3v) is 3.54. The molecular weight excluding hydrogens is 248 g/mol. The number of benzene rings is 1. The molecule has 0 saturated carbocycles. The molecule has 1 rings (SSSR count). The molecule has 1 unspecified atom stereocenters. The predicted octanol–water partition coefficient (Wildman–Crippen LogP) is 1.44. The SMILES string of the molecule is COCC(Sc1ccccc1Cl)C(=O)NN. The van der Waals surface area contributed by atoms with Crippen LogP contribution in [0.3, 0.4) is 0 Å². The van der Waals surface area contributed by atoms with Crippen LogP contribution in [0.2, 0.25) is 5.02 Å². The van der Waals surface area contributed by atoms with Crippen molar-refractivity contribution in [3.8, 4) is 0 Å². The van der Waals surface area contributed by atoms with E-state index in [0.717, 1.165) is 4.90 Å². The van der Waals surface area contributed by atoms with Crippen molar-refractivity contribution < 1.29 is 9.53 Å². The number of nitrogens with two attached hydrogens (primary N) is 1. The van der Waals surface area contributed by atoms with Crippen LogP contribution in [0.25, 0.3) is 0 Å². The molecule has 1 atom stereocenters. The number of thioether (sulfide) groups is 1. The van der Waals surface area contributed by atoms with Gasteiger partial charge in [0.15, 0.2) is 0 Å². The van der Waals surface area contributed by atoms with Crippen molar-refractivity contribution in [2.24, 2.45) is 5.84 Å². The lowest BCUT2D eigenvalue weighted by Gasteiger charge is -2.14. The number of carbonyl (C=O) groups is 1. The Labute approximate surface area is 103 Å². The van der Waals surface area contributed by atoms with Gasteiger partial charge < -0.3 is 4.74 Å². The highest BCUT2D eigenvalue weighted by molar-refractivity contribution is 8.00. The number of halogens is 1. The van der Waals surface area contributed by atoms with Crippen molar-refractivity contribution in [3.63, 3.8) is 0 Å². The largest absolute Gasteiger partial charge is 0.383 e. The van der Waals surface area contributed by atoms with Crippen molar-refractivity contribution >= 4 is 29.3 Å². The molecule has 0 radical (unpaired) electrons. The molecule has 0 saturated heterocycles. The molecule has 16 heavy (non-hydrogen) atoms. The molecule has 0 aliphatic carbocycles. The smallest absolute Gasteiger partial charge is 0.249 e. The Kier molecular flexibility index (Phi) is 5.62. The van der Waals surface area contributed by atoms with Gasteiger partial charge in [-0.25, -0.2) is 5.84 Å². The lowest BCUT2D eigenvalue weighted by molar-refractivity contribution is -0.121. The number of ether oxygens (including phenoxy) is 1. The number of methoxy groups -OCH3 is 1. The fourth-order valence-corrected chi connectivity index (χ4v) is 2.39. The maximum absolute atomic E-state index is 11.4. The van der Waals surface area contributed by atoms with E-state index in [2.05, 4.69) is 5.43 Å². The molecule has 4 nitrogen and oxygen atoms in total. The summed E-state index contributed by atoms with van der Waals surface area (Å²) >= 11 is 7.32. The Morgan fingerprint density at radius 2 is 2.31 bits per heavy atom. The highest BCUT2D eigenvalue weighted by Crippen LogP contribution is 2.30. The van der Waals surface area contributed by atoms with Crippen LogP contribution in [0.1, 0.15) is 0 Å². The highest BCUT2D eigenvalue weighted by atomic mass is 35.5. The molecule has 0 aliphatic heterocycles. The minimum Gasteiger partial charge on any atom is -0.383 e. The van der Waals surface area contributed by atoms with Gasteiger partial charge in [0.2, 0.25) is 5.91 Å². The lowest BCUT2D eigenvalue weighted by Crippen LogP contribution is -2.39. The van der Waals surface area contributed by atoms with Crippen LogP contribution in [-0.2, 0) is 9.53 Å². The molecule has 0 heterocycles. The summed E-state index contributed by atoms with van der Waals surface area (Å²) in [5.41, 5.74) is 2.11. The molecule has 1 amide bonds. The Bertz CT molecular complexity index is 362. The number of nitrogens with one attached hydrogen (secondary N) is 1. The van der Waals surface area contributed by atoms with E-state index >= 15 is 0 Å². The third kappa shape index (κ3) is 3.68. The summed E-state index contributed by atoms with van der Waals surface area (Å²) in [7, 11) is 1.53. The molecule has 0 fully saturated rings. The first-order chi connectivity index (χ1) is 7.69. The zero-order valence-corrected chi connectivity index (χ0v) is 10.3. The first kappa shape index (κ1) is 13.3. The van der Waals surface area contributed by atoms with E-state index in [9.17, 15) is 4.79 Å². The number of rotatable bonds is 5. The number of hydrogen-bond donors (Lipinski definition) is 2. The fourth-order valence-electron chi connectivity index (χ4n) is 1.10. The number of hydrogen-bond acceptors (Lipinski definition) is 4. The monoisotopic (exact) mass is 260 g/mol. The van der Waals surface area contributed by atoms with Gasteiger partial charge in [0, 0.05) is 12.0 Å². The van der Waals surface area contributed by atoms with Gasteiger partial charge >= 0.3 is 0 Å². The van der Waals surface area contributed by atoms with Crippen LogP contribution >= 0.6 is 23.4 Å². The van der Waals surface area contributed by atoms with E-state index in [4.69, 9.17) is 22.2 Å². The fraction of sp³-hybridized carbons (Fsp3) is 0.300. The first-order valence-corrected chi connectivity index (χ1v) is 5.85. The summed E-state index contributed by atoms with van der Waals surface area (Å²) in [6, 6.07) is 7.31. The summed E-state index contributed by atoms with van der Waals surface area (Å²) in [5.74, 6) is 4.81. The molecule has 1 aromatic carbocycles. The van der Waals surface area contributed by atoms with Gasteiger partial charge in [-0.2, -0.15) is 0 Å². The van der Waals surface area contributed by atoms with Crippen molar-refractivity contribution in [2.75, 3.05) is 13.7 Å². The van der Waals surface area contributed by atoms with Gasteiger partial charge in [-0.15, -0.1) is 11.8 Å². The van der Waals surface area contributed by atoms with Crippen LogP contribution in [0.5, 0.6) is 0 Å². The molecule has 0 spiro atoms. The van der Waals surface area contributed by atoms with Crippen molar-refractivity contribution in [2.45, 2.75) is 10.1 Å². The predicted molar refractivity (Wildman–Crippen MR) is 65.3 cm³/mol. The molecule has 0 bridgehead atoms. The average Bonchev–Trinajstić information content (AvgIpc) is 2.30. The van der Waals surface area contributed by atoms with Gasteiger partial charge in [0.05, 0.1) is 11.6 Å². The van der Waals surface area contributed by atoms with Gasteiger partial charge in [-0.05, 0) is 12.1 Å². The number of hydrazine groups is 1. The average molecular weight is 261 g/mol. The van der Waals surface area contributed by atoms with Crippen molar-refractivity contribution in [1.29, 1.82) is 0 Å². The quantitative estimate of drug-likeness (QED) is 0.364. The Balaban J connectivity index is 2.75. The second-order valence-electron chi connectivity index (χ2n) is 3.00. The van der Waals surface area contributed by atoms with Crippen molar-refractivity contribution in [3.05, 3.63) is 29.3 Å². The molecule has 88 valence electrons. The normalized spacial score (nSPS) is 12.2. The second-order valence-corrected chi connectivity index (χ2v) is 4.65. The van der Waals surface area contributed by atoms with Crippen molar-refractivity contribution in [1.82, 2.24) is 5.43 Å². The molecular formula is C10H13ClN2O2S. The maximum atomic E-state index is 11.4. The van der Waals surface area contributed by atoms with E-state index in [1.807, 2.05) is 18.2 Å². The van der Waals surface area contributed by atoms with Crippen LogP contribution < -0.4 is 11.3 Å².